The molecule has 0 amide bonds. The summed E-state index contributed by atoms with van der Waals surface area (Å²) in [6.45, 7) is 7.19. The molecule has 1 aliphatic carbocycles. The Kier molecular flexibility index (Phi) is 5.28. The SMILES string of the molecule is COCC1CN(Cc2cccs2)CC12CCN(C1CCCC1)CC2. The number of piperidine rings is 1. The van der Waals surface area contributed by atoms with Gasteiger partial charge in [0.25, 0.3) is 0 Å². The van der Waals surface area contributed by atoms with Gasteiger partial charge in [0, 0.05) is 43.6 Å². The molecule has 3 heterocycles. The molecule has 0 N–H and O–H groups in total. The van der Waals surface area contributed by atoms with Crippen LogP contribution in [0.2, 0.25) is 0 Å². The van der Waals surface area contributed by atoms with E-state index in [0.29, 0.717) is 11.3 Å². The lowest BCUT2D eigenvalue weighted by Gasteiger charge is -2.44. The van der Waals surface area contributed by atoms with Gasteiger partial charge in [0.2, 0.25) is 0 Å². The molecule has 4 heteroatoms. The maximum absolute atomic E-state index is 5.63. The van der Waals surface area contributed by atoms with Crippen LogP contribution in [0.4, 0.5) is 0 Å². The van der Waals surface area contributed by atoms with E-state index in [2.05, 4.69) is 27.3 Å². The monoisotopic (exact) mass is 348 g/mol. The van der Waals surface area contributed by atoms with E-state index < -0.39 is 0 Å². The predicted octanol–water partition coefficient (Wildman–Crippen LogP) is 3.85. The molecule has 3 nitrogen and oxygen atoms in total. The lowest BCUT2D eigenvalue weighted by atomic mass is 9.71. The molecule has 1 aromatic heterocycles. The van der Waals surface area contributed by atoms with Crippen LogP contribution >= 0.6 is 11.3 Å². The van der Waals surface area contributed by atoms with Crippen LogP contribution in [0.3, 0.4) is 0 Å². The first-order valence-electron chi connectivity index (χ1n) is 9.77. The molecule has 0 bridgehead atoms. The molecule has 134 valence electrons. The number of methoxy groups -OCH3 is 1. The summed E-state index contributed by atoms with van der Waals surface area (Å²) in [6.07, 6.45) is 8.54. The average molecular weight is 349 g/mol. The van der Waals surface area contributed by atoms with Crippen molar-refractivity contribution in [1.82, 2.24) is 9.80 Å². The number of rotatable bonds is 5. The summed E-state index contributed by atoms with van der Waals surface area (Å²) >= 11 is 1.90. The molecule has 1 atom stereocenters. The lowest BCUT2D eigenvalue weighted by Crippen LogP contribution is -2.48. The fraction of sp³-hybridized carbons (Fsp3) is 0.800. The van der Waals surface area contributed by atoms with E-state index in [1.54, 1.807) is 0 Å². The van der Waals surface area contributed by atoms with Crippen LogP contribution in [0.25, 0.3) is 0 Å². The predicted molar refractivity (Wildman–Crippen MR) is 100 cm³/mol. The Hall–Kier alpha value is -0.420. The van der Waals surface area contributed by atoms with E-state index in [1.165, 1.54) is 69.6 Å². The van der Waals surface area contributed by atoms with Gasteiger partial charge in [0.15, 0.2) is 0 Å². The quantitative estimate of drug-likeness (QED) is 0.804. The Bertz CT molecular complexity index is 504. The van der Waals surface area contributed by atoms with Crippen molar-refractivity contribution in [1.29, 1.82) is 0 Å². The van der Waals surface area contributed by atoms with Gasteiger partial charge in [-0.15, -0.1) is 11.3 Å². The second kappa shape index (κ2) is 7.45. The second-order valence-corrected chi connectivity index (χ2v) is 9.27. The molecular formula is C20H32N2OS. The number of hydrogen-bond acceptors (Lipinski definition) is 4. The highest BCUT2D eigenvalue weighted by atomic mass is 32.1. The Morgan fingerprint density at radius 3 is 2.71 bits per heavy atom. The van der Waals surface area contributed by atoms with Crippen molar-refractivity contribution in [3.63, 3.8) is 0 Å². The normalized spacial score (nSPS) is 29.0. The summed E-state index contributed by atoms with van der Waals surface area (Å²) in [6, 6.07) is 5.36. The van der Waals surface area contributed by atoms with E-state index in [0.717, 1.165) is 19.2 Å². The van der Waals surface area contributed by atoms with Gasteiger partial charge in [-0.05, 0) is 55.6 Å². The van der Waals surface area contributed by atoms with Crippen LogP contribution in [0.5, 0.6) is 0 Å². The third kappa shape index (κ3) is 3.44. The van der Waals surface area contributed by atoms with Crippen LogP contribution in [0, 0.1) is 11.3 Å². The van der Waals surface area contributed by atoms with Crippen LogP contribution in [0.15, 0.2) is 17.5 Å². The molecule has 0 radical (unpaired) electrons. The second-order valence-electron chi connectivity index (χ2n) is 8.24. The molecular weight excluding hydrogens is 316 g/mol. The number of likely N-dealkylation sites (tertiary alicyclic amines) is 2. The third-order valence-corrected chi connectivity index (χ3v) is 7.71. The largest absolute Gasteiger partial charge is 0.384 e. The van der Waals surface area contributed by atoms with Gasteiger partial charge >= 0.3 is 0 Å². The molecule has 3 fully saturated rings. The van der Waals surface area contributed by atoms with E-state index in [4.69, 9.17) is 4.74 Å². The highest BCUT2D eigenvalue weighted by Crippen LogP contribution is 2.46. The van der Waals surface area contributed by atoms with Gasteiger partial charge in [-0.2, -0.15) is 0 Å². The smallest absolute Gasteiger partial charge is 0.0508 e. The fourth-order valence-corrected chi connectivity index (χ4v) is 6.23. The Balaban J connectivity index is 1.40. The van der Waals surface area contributed by atoms with Gasteiger partial charge in [-0.3, -0.25) is 4.90 Å². The molecule has 2 aliphatic heterocycles. The van der Waals surface area contributed by atoms with E-state index in [9.17, 15) is 0 Å². The van der Waals surface area contributed by atoms with Crippen molar-refractivity contribution in [2.75, 3.05) is 39.9 Å². The number of ether oxygens (including phenoxy) is 1. The van der Waals surface area contributed by atoms with E-state index in [-0.39, 0.29) is 0 Å². The summed E-state index contributed by atoms with van der Waals surface area (Å²) in [5.41, 5.74) is 0.502. The lowest BCUT2D eigenvalue weighted by molar-refractivity contribution is 0.0239. The van der Waals surface area contributed by atoms with Crippen LogP contribution in [-0.2, 0) is 11.3 Å². The fourth-order valence-electron chi connectivity index (χ4n) is 5.49. The maximum atomic E-state index is 5.63. The zero-order valence-corrected chi connectivity index (χ0v) is 15.9. The van der Waals surface area contributed by atoms with Crippen LogP contribution in [-0.4, -0.2) is 55.7 Å². The topological polar surface area (TPSA) is 15.7 Å². The minimum Gasteiger partial charge on any atom is -0.384 e. The van der Waals surface area contributed by atoms with Gasteiger partial charge in [0.1, 0.15) is 0 Å². The molecule has 3 aliphatic rings. The molecule has 2 saturated heterocycles. The van der Waals surface area contributed by atoms with Crippen molar-refractivity contribution in [3.05, 3.63) is 22.4 Å². The van der Waals surface area contributed by atoms with Crippen LogP contribution in [0.1, 0.15) is 43.4 Å². The minimum absolute atomic E-state index is 0.502. The first kappa shape index (κ1) is 17.0. The molecule has 1 unspecified atom stereocenters. The molecule has 1 spiro atoms. The average Bonchev–Trinajstić information content (AvgIpc) is 3.33. The van der Waals surface area contributed by atoms with Crippen molar-refractivity contribution >= 4 is 11.3 Å². The zero-order chi connectivity index (χ0) is 16.4. The van der Waals surface area contributed by atoms with Crippen molar-refractivity contribution in [3.8, 4) is 0 Å². The molecule has 4 rings (SSSR count). The van der Waals surface area contributed by atoms with Gasteiger partial charge in [-0.25, -0.2) is 0 Å². The highest BCUT2D eigenvalue weighted by molar-refractivity contribution is 7.09. The molecule has 0 aromatic carbocycles. The molecule has 24 heavy (non-hydrogen) atoms. The molecule has 1 saturated carbocycles. The minimum atomic E-state index is 0.502. The number of hydrogen-bond donors (Lipinski definition) is 0. The van der Waals surface area contributed by atoms with Crippen molar-refractivity contribution < 1.29 is 4.74 Å². The van der Waals surface area contributed by atoms with Gasteiger partial charge in [0.05, 0.1) is 6.61 Å². The molecule has 1 aromatic rings. The van der Waals surface area contributed by atoms with Crippen molar-refractivity contribution in [2.45, 2.75) is 51.1 Å². The summed E-state index contributed by atoms with van der Waals surface area (Å²) in [7, 11) is 1.88. The zero-order valence-electron chi connectivity index (χ0n) is 15.1. The van der Waals surface area contributed by atoms with Crippen molar-refractivity contribution in [2.24, 2.45) is 11.3 Å². The van der Waals surface area contributed by atoms with E-state index >= 15 is 0 Å². The standard InChI is InChI=1S/C20H32N2OS/c1-23-15-17-13-21(14-19-7-4-12-24-19)16-20(17)8-10-22(11-9-20)18-5-2-3-6-18/h4,7,12,17-18H,2-3,5-6,8-11,13-16H2,1H3. The van der Waals surface area contributed by atoms with E-state index in [1.807, 2.05) is 18.4 Å². The summed E-state index contributed by atoms with van der Waals surface area (Å²) in [5, 5.41) is 2.20. The number of thiophene rings is 1. The summed E-state index contributed by atoms with van der Waals surface area (Å²) in [5.74, 6) is 0.716. The summed E-state index contributed by atoms with van der Waals surface area (Å²) < 4.78 is 5.63. The Morgan fingerprint density at radius 1 is 1.25 bits per heavy atom. The van der Waals surface area contributed by atoms with Crippen LogP contribution < -0.4 is 0 Å². The first-order chi connectivity index (χ1) is 11.8. The Labute approximate surface area is 151 Å². The Morgan fingerprint density at radius 2 is 2.04 bits per heavy atom. The third-order valence-electron chi connectivity index (χ3n) is 6.85. The first-order valence-corrected chi connectivity index (χ1v) is 10.6. The summed E-state index contributed by atoms with van der Waals surface area (Å²) in [4.78, 5) is 7.01. The maximum Gasteiger partial charge on any atom is 0.0508 e. The number of nitrogens with zero attached hydrogens (tertiary/aromatic N) is 2. The van der Waals surface area contributed by atoms with Gasteiger partial charge < -0.3 is 9.64 Å². The van der Waals surface area contributed by atoms with Gasteiger partial charge in [-0.1, -0.05) is 18.9 Å². The highest BCUT2D eigenvalue weighted by Gasteiger charge is 2.48.